The molecule has 0 bridgehead atoms. The molecule has 0 saturated heterocycles. The largest absolute Gasteiger partial charge is 0.480 e. The second-order valence-electron chi connectivity index (χ2n) is 6.48. The lowest BCUT2D eigenvalue weighted by molar-refractivity contribution is 0.146. The van der Waals surface area contributed by atoms with Crippen molar-refractivity contribution in [2.24, 2.45) is 0 Å². The van der Waals surface area contributed by atoms with Crippen molar-refractivity contribution in [3.05, 3.63) is 35.5 Å². The molecule has 3 aromatic heterocycles. The maximum absolute atomic E-state index is 10.6. The molecule has 0 saturated carbocycles. The average Bonchev–Trinajstić information content (AvgIpc) is 3.14. The first-order valence-electron chi connectivity index (χ1n) is 8.99. The maximum atomic E-state index is 10.6. The molecule has 4 aromatic rings. The lowest BCUT2D eigenvalue weighted by Crippen LogP contribution is -2.08. The third kappa shape index (κ3) is 4.12. The molecule has 10 heteroatoms. The van der Waals surface area contributed by atoms with Gasteiger partial charge >= 0.3 is 5.43 Å². The van der Waals surface area contributed by atoms with Gasteiger partial charge in [-0.2, -0.15) is 0 Å². The predicted octanol–water partition coefficient (Wildman–Crippen LogP) is 4.68. The van der Waals surface area contributed by atoms with Gasteiger partial charge in [-0.25, -0.2) is 24.7 Å². The number of aromatic nitrogens is 4. The van der Waals surface area contributed by atoms with Crippen LogP contribution in [-0.2, 0) is 4.74 Å². The smallest absolute Gasteiger partial charge is 0.403 e. The molecule has 0 N–H and O–H groups in total. The molecule has 0 unspecified atom stereocenters. The molecule has 0 atom stereocenters. The lowest BCUT2D eigenvalue weighted by atomic mass is 10.1. The summed E-state index contributed by atoms with van der Waals surface area (Å²) in [6.07, 6.45) is 1.59. The van der Waals surface area contributed by atoms with E-state index in [9.17, 15) is 4.79 Å². The topological polar surface area (TPSA) is 96.3 Å². The van der Waals surface area contributed by atoms with E-state index in [2.05, 4.69) is 19.7 Å². The number of aryl methyl sites for hydroxylation is 2. The summed E-state index contributed by atoms with van der Waals surface area (Å²) >= 11 is 6.59. The van der Waals surface area contributed by atoms with Crippen molar-refractivity contribution in [3.8, 4) is 22.3 Å². The van der Waals surface area contributed by atoms with Gasteiger partial charge in [0, 0.05) is 23.2 Å². The summed E-state index contributed by atoms with van der Waals surface area (Å²) in [6.45, 7) is 4.15. The second kappa shape index (κ2) is 8.37. The van der Waals surface area contributed by atoms with Crippen LogP contribution >= 0.6 is 22.9 Å². The maximum Gasteiger partial charge on any atom is 0.403 e. The number of thiazole rings is 1. The fourth-order valence-electron chi connectivity index (χ4n) is 3.00. The fraction of sp³-hybridized carbons (Fsp3) is 0.250. The van der Waals surface area contributed by atoms with Crippen molar-refractivity contribution in [3.63, 3.8) is 0 Å². The number of halogens is 1. The van der Waals surface area contributed by atoms with Crippen LogP contribution in [0.4, 0.5) is 4.79 Å². The minimum atomic E-state index is -0.864. The van der Waals surface area contributed by atoms with Crippen LogP contribution in [-0.4, -0.2) is 45.7 Å². The van der Waals surface area contributed by atoms with Crippen molar-refractivity contribution in [2.45, 2.75) is 13.8 Å². The normalized spacial score (nSPS) is 11.1. The molecule has 0 amide bonds. The third-order valence-electron chi connectivity index (χ3n) is 4.29. The first-order chi connectivity index (χ1) is 14.4. The number of fused-ring (bicyclic) bond motifs is 2. The van der Waals surface area contributed by atoms with Crippen LogP contribution in [0.25, 0.3) is 32.0 Å². The molecular formula is C20H17ClN4O4S. The highest BCUT2D eigenvalue weighted by Gasteiger charge is 2.16. The molecule has 0 spiro atoms. The second-order valence-corrected chi connectivity index (χ2v) is 7.76. The van der Waals surface area contributed by atoms with Gasteiger partial charge in [-0.1, -0.05) is 11.3 Å². The van der Waals surface area contributed by atoms with E-state index >= 15 is 0 Å². The Hall–Kier alpha value is -3.04. The van der Waals surface area contributed by atoms with Crippen LogP contribution in [0.15, 0.2) is 24.4 Å². The van der Waals surface area contributed by atoms with Gasteiger partial charge in [0.15, 0.2) is 0 Å². The molecule has 0 radical (unpaired) electrons. The molecular weight excluding hydrogens is 428 g/mol. The SMILES string of the molecule is COc1cnc2c(-c3nc4c(C)cc(OCCOC(=O)Cl)nc4s3)cc(C)cc2n1. The Bertz CT molecular complexity index is 1260. The number of benzene rings is 1. The molecule has 8 nitrogen and oxygen atoms in total. The monoisotopic (exact) mass is 444 g/mol. The zero-order chi connectivity index (χ0) is 21.3. The Morgan fingerprint density at radius 3 is 2.67 bits per heavy atom. The molecule has 0 aliphatic rings. The minimum Gasteiger partial charge on any atom is -0.480 e. The molecule has 154 valence electrons. The van der Waals surface area contributed by atoms with Gasteiger partial charge in [-0.3, -0.25) is 0 Å². The van der Waals surface area contributed by atoms with Gasteiger partial charge in [0.25, 0.3) is 0 Å². The number of ether oxygens (including phenoxy) is 3. The molecule has 4 rings (SSSR count). The van der Waals surface area contributed by atoms with Gasteiger partial charge in [0.05, 0.1) is 24.3 Å². The van der Waals surface area contributed by atoms with Crippen LogP contribution in [0.3, 0.4) is 0 Å². The van der Waals surface area contributed by atoms with Crippen LogP contribution in [0.5, 0.6) is 11.8 Å². The van der Waals surface area contributed by atoms with Crippen LogP contribution < -0.4 is 9.47 Å². The number of carbonyl (C=O) groups excluding carboxylic acids is 1. The van der Waals surface area contributed by atoms with Gasteiger partial charge in [0.2, 0.25) is 11.8 Å². The molecule has 0 aliphatic carbocycles. The Morgan fingerprint density at radius 2 is 1.90 bits per heavy atom. The number of rotatable bonds is 6. The summed E-state index contributed by atoms with van der Waals surface area (Å²) in [5.74, 6) is 0.891. The number of hydrogen-bond acceptors (Lipinski definition) is 9. The lowest BCUT2D eigenvalue weighted by Gasteiger charge is -2.06. The highest BCUT2D eigenvalue weighted by atomic mass is 35.5. The molecule has 1 aromatic carbocycles. The van der Waals surface area contributed by atoms with Gasteiger partial charge in [-0.15, -0.1) is 0 Å². The fourth-order valence-corrected chi connectivity index (χ4v) is 4.10. The van der Waals surface area contributed by atoms with Crippen LogP contribution in [0.2, 0.25) is 0 Å². The van der Waals surface area contributed by atoms with Crippen molar-refractivity contribution in [2.75, 3.05) is 20.3 Å². The zero-order valence-electron chi connectivity index (χ0n) is 16.4. The van der Waals surface area contributed by atoms with E-state index < -0.39 is 5.43 Å². The van der Waals surface area contributed by atoms with Crippen LogP contribution in [0.1, 0.15) is 11.1 Å². The Morgan fingerprint density at radius 1 is 1.07 bits per heavy atom. The number of hydrogen-bond donors (Lipinski definition) is 0. The Labute approximate surface area is 180 Å². The summed E-state index contributed by atoms with van der Waals surface area (Å²) in [4.78, 5) is 29.7. The standard InChI is InChI=1S/C20H17ClN4O4S/c1-10-6-12(17-13(7-10)23-15(27-3)9-22-17)18-25-16-11(2)8-14(24-19(16)30-18)28-4-5-29-20(21)26/h6-9H,4-5H2,1-3H3. The van der Waals surface area contributed by atoms with Crippen molar-refractivity contribution < 1.29 is 19.0 Å². The quantitative estimate of drug-likeness (QED) is 0.312. The summed E-state index contributed by atoms with van der Waals surface area (Å²) in [7, 11) is 1.56. The van der Waals surface area contributed by atoms with E-state index in [-0.39, 0.29) is 13.2 Å². The van der Waals surface area contributed by atoms with E-state index in [1.54, 1.807) is 19.4 Å². The minimum absolute atomic E-state index is 0.0481. The molecule has 0 aliphatic heterocycles. The predicted molar refractivity (Wildman–Crippen MR) is 115 cm³/mol. The van der Waals surface area contributed by atoms with Gasteiger partial charge < -0.3 is 14.2 Å². The van der Waals surface area contributed by atoms with E-state index in [1.165, 1.54) is 11.3 Å². The number of carbonyl (C=O) groups is 1. The summed E-state index contributed by atoms with van der Waals surface area (Å²) in [5, 5.41) is 0.794. The van der Waals surface area contributed by atoms with E-state index in [0.717, 1.165) is 43.1 Å². The first kappa shape index (κ1) is 20.2. The van der Waals surface area contributed by atoms with E-state index in [0.29, 0.717) is 11.8 Å². The van der Waals surface area contributed by atoms with Crippen molar-refractivity contribution >= 4 is 49.7 Å². The zero-order valence-corrected chi connectivity index (χ0v) is 18.0. The van der Waals surface area contributed by atoms with Gasteiger partial charge in [-0.05, 0) is 37.1 Å². The number of pyridine rings is 1. The molecule has 3 heterocycles. The van der Waals surface area contributed by atoms with E-state index in [1.807, 2.05) is 26.0 Å². The highest BCUT2D eigenvalue weighted by Crippen LogP contribution is 2.35. The van der Waals surface area contributed by atoms with Crippen LogP contribution in [0, 0.1) is 13.8 Å². The first-order valence-corrected chi connectivity index (χ1v) is 10.2. The summed E-state index contributed by atoms with van der Waals surface area (Å²) in [5.41, 5.74) is 4.28. The average molecular weight is 445 g/mol. The number of methoxy groups -OCH3 is 1. The number of nitrogens with zero attached hydrogens (tertiary/aromatic N) is 4. The molecule has 30 heavy (non-hydrogen) atoms. The Balaban J connectivity index is 1.72. The van der Waals surface area contributed by atoms with E-state index in [4.69, 9.17) is 26.1 Å². The summed E-state index contributed by atoms with van der Waals surface area (Å²) in [6, 6.07) is 5.80. The molecule has 0 fully saturated rings. The van der Waals surface area contributed by atoms with Gasteiger partial charge in [0.1, 0.15) is 28.6 Å². The summed E-state index contributed by atoms with van der Waals surface area (Å²) < 4.78 is 15.4. The highest BCUT2D eigenvalue weighted by molar-refractivity contribution is 7.21. The Kier molecular flexibility index (Phi) is 5.65. The van der Waals surface area contributed by atoms with Crippen molar-refractivity contribution in [1.82, 2.24) is 19.9 Å². The third-order valence-corrected chi connectivity index (χ3v) is 5.38. The van der Waals surface area contributed by atoms with Crippen molar-refractivity contribution in [1.29, 1.82) is 0 Å².